The molecule has 1 aliphatic heterocycles. The standard InChI is InChI=1S/C24H29N5O3/c25-24-27-22-21(23(30)28-24)26-17-29(22)12-11-20(15-31-13-18-7-3-1-4-8-18)16-32-14-19-9-5-2-6-10-19/h1-10,20,26H,11-17H2,(H3,25,27,28,30). The van der Waals surface area contributed by atoms with Crippen LogP contribution in [-0.4, -0.2) is 36.4 Å². The summed E-state index contributed by atoms with van der Waals surface area (Å²) < 4.78 is 12.0. The fourth-order valence-corrected chi connectivity index (χ4v) is 3.69. The predicted octanol–water partition coefficient (Wildman–Crippen LogP) is 2.98. The van der Waals surface area contributed by atoms with E-state index >= 15 is 0 Å². The highest BCUT2D eigenvalue weighted by Gasteiger charge is 2.24. The molecular weight excluding hydrogens is 406 g/mol. The maximum atomic E-state index is 12.1. The van der Waals surface area contributed by atoms with E-state index in [0.717, 1.165) is 17.5 Å². The Bertz CT molecular complexity index is 997. The average Bonchev–Trinajstić information content (AvgIpc) is 3.21. The predicted molar refractivity (Wildman–Crippen MR) is 125 cm³/mol. The first-order chi connectivity index (χ1) is 15.7. The van der Waals surface area contributed by atoms with Gasteiger partial charge in [0, 0.05) is 12.5 Å². The lowest BCUT2D eigenvalue weighted by Gasteiger charge is -2.22. The lowest BCUT2D eigenvalue weighted by Crippen LogP contribution is -2.28. The molecule has 8 heteroatoms. The molecule has 3 aromatic rings. The Hall–Kier alpha value is -3.36. The molecule has 1 aromatic heterocycles. The van der Waals surface area contributed by atoms with E-state index in [0.29, 0.717) is 51.1 Å². The number of fused-ring (bicyclic) bond motifs is 1. The van der Waals surface area contributed by atoms with Gasteiger partial charge in [-0.05, 0) is 17.5 Å². The number of nitrogens with zero attached hydrogens (tertiary/aromatic N) is 2. The molecule has 0 aliphatic carbocycles. The molecule has 0 amide bonds. The zero-order valence-electron chi connectivity index (χ0n) is 18.0. The summed E-state index contributed by atoms with van der Waals surface area (Å²) in [6, 6.07) is 20.3. The number of anilines is 3. The zero-order valence-corrected chi connectivity index (χ0v) is 18.0. The van der Waals surface area contributed by atoms with Gasteiger partial charge in [-0.1, -0.05) is 60.7 Å². The number of ether oxygens (including phenoxy) is 2. The van der Waals surface area contributed by atoms with Crippen LogP contribution in [0.5, 0.6) is 0 Å². The van der Waals surface area contributed by atoms with Gasteiger partial charge < -0.3 is 25.4 Å². The largest absolute Gasteiger partial charge is 0.376 e. The normalized spacial score (nSPS) is 12.7. The first-order valence-corrected chi connectivity index (χ1v) is 10.8. The SMILES string of the molecule is Nc1nc2c(c(=O)[nH]1)NCN2CCC(COCc1ccccc1)COCc1ccccc1. The number of nitrogens with two attached hydrogens (primary N) is 1. The Labute approximate surface area is 187 Å². The molecule has 32 heavy (non-hydrogen) atoms. The van der Waals surface area contributed by atoms with Crippen molar-refractivity contribution < 1.29 is 9.47 Å². The van der Waals surface area contributed by atoms with Crippen LogP contribution in [0.3, 0.4) is 0 Å². The molecule has 0 atom stereocenters. The molecule has 0 spiro atoms. The van der Waals surface area contributed by atoms with Gasteiger partial charge in [-0.2, -0.15) is 4.98 Å². The number of nitrogen functional groups attached to an aromatic ring is 1. The maximum Gasteiger partial charge on any atom is 0.277 e. The molecule has 2 aromatic carbocycles. The maximum absolute atomic E-state index is 12.1. The second-order valence-electron chi connectivity index (χ2n) is 7.90. The van der Waals surface area contributed by atoms with Crippen LogP contribution in [0, 0.1) is 5.92 Å². The van der Waals surface area contributed by atoms with Gasteiger partial charge in [0.1, 0.15) is 5.69 Å². The molecule has 0 radical (unpaired) electrons. The molecule has 2 heterocycles. The highest BCUT2D eigenvalue weighted by molar-refractivity contribution is 5.70. The number of H-pyrrole nitrogens is 1. The van der Waals surface area contributed by atoms with Crippen molar-refractivity contribution in [2.45, 2.75) is 19.6 Å². The highest BCUT2D eigenvalue weighted by Crippen LogP contribution is 2.26. The number of aromatic nitrogens is 2. The van der Waals surface area contributed by atoms with Gasteiger partial charge in [-0.3, -0.25) is 9.78 Å². The van der Waals surface area contributed by atoms with E-state index in [1.54, 1.807) is 0 Å². The molecule has 0 unspecified atom stereocenters. The Kier molecular flexibility index (Phi) is 7.37. The summed E-state index contributed by atoms with van der Waals surface area (Å²) >= 11 is 0. The molecule has 1 aliphatic rings. The quantitative estimate of drug-likeness (QED) is 0.425. The van der Waals surface area contributed by atoms with Crippen molar-refractivity contribution in [2.24, 2.45) is 5.92 Å². The Morgan fingerprint density at radius 1 is 0.969 bits per heavy atom. The van der Waals surface area contributed by atoms with Gasteiger partial charge in [0.05, 0.1) is 33.1 Å². The minimum Gasteiger partial charge on any atom is -0.376 e. The number of hydrogen-bond donors (Lipinski definition) is 3. The second kappa shape index (κ2) is 10.8. The van der Waals surface area contributed by atoms with E-state index < -0.39 is 0 Å². The summed E-state index contributed by atoms with van der Waals surface area (Å²) in [5.74, 6) is 0.919. The Balaban J connectivity index is 1.33. The molecule has 4 N–H and O–H groups in total. The second-order valence-corrected chi connectivity index (χ2v) is 7.90. The summed E-state index contributed by atoms with van der Waals surface area (Å²) in [6.07, 6.45) is 0.832. The van der Waals surface area contributed by atoms with Crippen molar-refractivity contribution in [1.82, 2.24) is 9.97 Å². The van der Waals surface area contributed by atoms with Crippen LogP contribution < -0.4 is 21.5 Å². The van der Waals surface area contributed by atoms with Gasteiger partial charge in [-0.25, -0.2) is 0 Å². The lowest BCUT2D eigenvalue weighted by molar-refractivity contribution is 0.0248. The summed E-state index contributed by atoms with van der Waals surface area (Å²) in [6.45, 7) is 3.54. The van der Waals surface area contributed by atoms with Crippen LogP contribution in [0.4, 0.5) is 17.5 Å². The number of hydrogen-bond acceptors (Lipinski definition) is 7. The number of benzene rings is 2. The van der Waals surface area contributed by atoms with Crippen LogP contribution in [-0.2, 0) is 22.7 Å². The van der Waals surface area contributed by atoms with E-state index in [9.17, 15) is 4.79 Å². The van der Waals surface area contributed by atoms with Crippen LogP contribution in [0.15, 0.2) is 65.5 Å². The van der Waals surface area contributed by atoms with Gasteiger partial charge in [-0.15, -0.1) is 0 Å². The third kappa shape index (κ3) is 5.87. The van der Waals surface area contributed by atoms with Gasteiger partial charge in [0.2, 0.25) is 5.95 Å². The van der Waals surface area contributed by atoms with E-state index in [1.807, 2.05) is 41.3 Å². The average molecular weight is 436 g/mol. The van der Waals surface area contributed by atoms with E-state index in [2.05, 4.69) is 39.6 Å². The molecule has 168 valence electrons. The molecule has 0 bridgehead atoms. The minimum absolute atomic E-state index is 0.122. The highest BCUT2D eigenvalue weighted by atomic mass is 16.5. The monoisotopic (exact) mass is 435 g/mol. The smallest absolute Gasteiger partial charge is 0.277 e. The van der Waals surface area contributed by atoms with Crippen LogP contribution in [0.1, 0.15) is 17.5 Å². The first-order valence-electron chi connectivity index (χ1n) is 10.8. The van der Waals surface area contributed by atoms with Crippen LogP contribution in [0.25, 0.3) is 0 Å². The zero-order chi connectivity index (χ0) is 22.2. The Morgan fingerprint density at radius 2 is 1.56 bits per heavy atom. The van der Waals surface area contributed by atoms with Crippen LogP contribution in [0.2, 0.25) is 0 Å². The van der Waals surface area contributed by atoms with Crippen molar-refractivity contribution >= 4 is 17.5 Å². The van der Waals surface area contributed by atoms with Crippen molar-refractivity contribution in [3.8, 4) is 0 Å². The molecule has 0 saturated heterocycles. The van der Waals surface area contributed by atoms with E-state index in [-0.39, 0.29) is 17.4 Å². The van der Waals surface area contributed by atoms with E-state index in [4.69, 9.17) is 15.2 Å². The third-order valence-electron chi connectivity index (χ3n) is 5.40. The van der Waals surface area contributed by atoms with E-state index in [1.165, 1.54) is 0 Å². The lowest BCUT2D eigenvalue weighted by atomic mass is 10.1. The molecule has 0 saturated carbocycles. The number of nitrogens with one attached hydrogen (secondary N) is 2. The minimum atomic E-state index is -0.246. The summed E-state index contributed by atoms with van der Waals surface area (Å²) in [5.41, 5.74) is 8.25. The fraction of sp³-hybridized carbons (Fsp3) is 0.333. The summed E-state index contributed by atoms with van der Waals surface area (Å²) in [7, 11) is 0. The molecular formula is C24H29N5O3. The molecule has 8 nitrogen and oxygen atoms in total. The van der Waals surface area contributed by atoms with Gasteiger partial charge >= 0.3 is 0 Å². The first kappa shape index (κ1) is 21.9. The summed E-state index contributed by atoms with van der Waals surface area (Å²) in [5, 5.41) is 3.10. The number of aromatic amines is 1. The summed E-state index contributed by atoms with van der Waals surface area (Å²) in [4.78, 5) is 20.9. The van der Waals surface area contributed by atoms with Crippen LogP contribution >= 0.6 is 0 Å². The van der Waals surface area contributed by atoms with Crippen molar-refractivity contribution in [2.75, 3.05) is 42.4 Å². The van der Waals surface area contributed by atoms with Crippen molar-refractivity contribution in [1.29, 1.82) is 0 Å². The molecule has 4 rings (SSSR count). The van der Waals surface area contributed by atoms with Crippen molar-refractivity contribution in [3.05, 3.63) is 82.1 Å². The third-order valence-corrected chi connectivity index (χ3v) is 5.40. The Morgan fingerprint density at radius 3 is 2.16 bits per heavy atom. The van der Waals surface area contributed by atoms with Gasteiger partial charge in [0.25, 0.3) is 5.56 Å². The van der Waals surface area contributed by atoms with Gasteiger partial charge in [0.15, 0.2) is 5.82 Å². The fourth-order valence-electron chi connectivity index (χ4n) is 3.69. The topological polar surface area (TPSA) is 106 Å². The number of rotatable bonds is 11. The molecule has 0 fully saturated rings. The van der Waals surface area contributed by atoms with Crippen molar-refractivity contribution in [3.63, 3.8) is 0 Å².